The van der Waals surface area contributed by atoms with Crippen molar-refractivity contribution >= 4 is 11.8 Å². The van der Waals surface area contributed by atoms with Gasteiger partial charge in [0.05, 0.1) is 18.6 Å². The van der Waals surface area contributed by atoms with Gasteiger partial charge in [-0.3, -0.25) is 9.59 Å². The molecule has 1 fully saturated rings. The van der Waals surface area contributed by atoms with Gasteiger partial charge in [0.25, 0.3) is 0 Å². The monoisotopic (exact) mass is 270 g/mol. The molecule has 0 aromatic carbocycles. The molecule has 1 aliphatic rings. The van der Waals surface area contributed by atoms with E-state index in [9.17, 15) is 9.59 Å². The molecule has 5 nitrogen and oxygen atoms in total. The minimum absolute atomic E-state index is 0.0210. The van der Waals surface area contributed by atoms with E-state index in [4.69, 9.17) is 4.74 Å². The summed E-state index contributed by atoms with van der Waals surface area (Å²) in [6, 6.07) is 0.0227. The maximum absolute atomic E-state index is 12.2. The average molecular weight is 270 g/mol. The molecular formula is C14H26N2O3. The number of hydrogen-bond acceptors (Lipinski definition) is 3. The van der Waals surface area contributed by atoms with Crippen LogP contribution in [-0.2, 0) is 14.3 Å². The molecule has 0 unspecified atom stereocenters. The molecule has 19 heavy (non-hydrogen) atoms. The second kappa shape index (κ2) is 6.37. The predicted octanol–water partition coefficient (Wildman–Crippen LogP) is 1.17. The van der Waals surface area contributed by atoms with E-state index >= 15 is 0 Å². The van der Waals surface area contributed by atoms with Crippen LogP contribution in [0.4, 0.5) is 0 Å². The Morgan fingerprint density at radius 2 is 2.21 bits per heavy atom. The van der Waals surface area contributed by atoms with Gasteiger partial charge in [-0.2, -0.15) is 0 Å². The molecule has 0 radical (unpaired) electrons. The first-order chi connectivity index (χ1) is 8.80. The van der Waals surface area contributed by atoms with Crippen LogP contribution in [0.25, 0.3) is 0 Å². The van der Waals surface area contributed by atoms with E-state index < -0.39 is 0 Å². The van der Waals surface area contributed by atoms with E-state index in [-0.39, 0.29) is 29.3 Å². The number of rotatable bonds is 6. The number of nitrogens with one attached hydrogen (secondary N) is 1. The molecule has 2 atom stereocenters. The summed E-state index contributed by atoms with van der Waals surface area (Å²) < 4.78 is 5.06. The number of methoxy groups -OCH3 is 1. The molecular weight excluding hydrogens is 244 g/mol. The highest BCUT2D eigenvalue weighted by molar-refractivity contribution is 5.89. The van der Waals surface area contributed by atoms with Crippen LogP contribution in [0.2, 0.25) is 0 Å². The zero-order valence-corrected chi connectivity index (χ0v) is 12.7. The molecule has 0 saturated carbocycles. The largest absolute Gasteiger partial charge is 0.383 e. The first kappa shape index (κ1) is 16.0. The van der Waals surface area contributed by atoms with Crippen LogP contribution in [-0.4, -0.2) is 48.6 Å². The molecule has 1 N–H and O–H groups in total. The van der Waals surface area contributed by atoms with Crippen molar-refractivity contribution in [1.82, 2.24) is 10.2 Å². The maximum atomic E-state index is 12.2. The van der Waals surface area contributed by atoms with Gasteiger partial charge in [-0.1, -0.05) is 6.92 Å². The van der Waals surface area contributed by atoms with Gasteiger partial charge >= 0.3 is 0 Å². The van der Waals surface area contributed by atoms with Crippen molar-refractivity contribution in [3.63, 3.8) is 0 Å². The zero-order valence-electron chi connectivity index (χ0n) is 12.7. The van der Waals surface area contributed by atoms with Crippen molar-refractivity contribution in [2.24, 2.45) is 5.92 Å². The van der Waals surface area contributed by atoms with E-state index in [0.717, 1.165) is 6.42 Å². The van der Waals surface area contributed by atoms with E-state index in [1.54, 1.807) is 12.0 Å². The molecule has 110 valence electrons. The summed E-state index contributed by atoms with van der Waals surface area (Å²) in [5, 5.41) is 3.01. The highest BCUT2D eigenvalue weighted by Gasteiger charge is 2.37. The molecule has 0 aliphatic carbocycles. The Morgan fingerprint density at radius 3 is 2.74 bits per heavy atom. The summed E-state index contributed by atoms with van der Waals surface area (Å²) in [5.74, 6) is -0.219. The third kappa shape index (κ3) is 4.20. The topological polar surface area (TPSA) is 58.6 Å². The Labute approximate surface area is 115 Å². The summed E-state index contributed by atoms with van der Waals surface area (Å²) in [7, 11) is 1.62. The van der Waals surface area contributed by atoms with Crippen LogP contribution in [0.3, 0.4) is 0 Å². The normalized spacial score (nSPS) is 21.6. The Balaban J connectivity index is 2.59. The molecule has 1 aliphatic heterocycles. The number of likely N-dealkylation sites (tertiary alicyclic amines) is 1. The predicted molar refractivity (Wildman–Crippen MR) is 73.7 cm³/mol. The van der Waals surface area contributed by atoms with Gasteiger partial charge in [0, 0.05) is 25.6 Å². The molecule has 1 rings (SSSR count). The molecule has 0 aromatic rings. The van der Waals surface area contributed by atoms with Crippen LogP contribution in [0.1, 0.15) is 40.5 Å². The van der Waals surface area contributed by atoms with Crippen LogP contribution in [0.15, 0.2) is 0 Å². The van der Waals surface area contributed by atoms with Crippen molar-refractivity contribution in [3.05, 3.63) is 0 Å². The first-order valence-electron chi connectivity index (χ1n) is 6.91. The molecule has 1 heterocycles. The minimum Gasteiger partial charge on any atom is -0.383 e. The lowest BCUT2D eigenvalue weighted by Crippen LogP contribution is -2.46. The Kier molecular flexibility index (Phi) is 5.35. The van der Waals surface area contributed by atoms with Crippen molar-refractivity contribution in [2.75, 3.05) is 20.3 Å². The lowest BCUT2D eigenvalue weighted by Gasteiger charge is -2.27. The Morgan fingerprint density at radius 1 is 1.58 bits per heavy atom. The molecule has 0 bridgehead atoms. The summed E-state index contributed by atoms with van der Waals surface area (Å²) in [4.78, 5) is 25.8. The number of hydrogen-bond donors (Lipinski definition) is 1. The lowest BCUT2D eigenvalue weighted by molar-refractivity contribution is -0.131. The van der Waals surface area contributed by atoms with Gasteiger partial charge in [0.1, 0.15) is 0 Å². The van der Waals surface area contributed by atoms with E-state index in [0.29, 0.717) is 19.6 Å². The van der Waals surface area contributed by atoms with Crippen LogP contribution < -0.4 is 5.32 Å². The van der Waals surface area contributed by atoms with Crippen molar-refractivity contribution < 1.29 is 14.3 Å². The van der Waals surface area contributed by atoms with Crippen LogP contribution >= 0.6 is 0 Å². The van der Waals surface area contributed by atoms with E-state index in [1.807, 2.05) is 27.7 Å². The Hall–Kier alpha value is -1.10. The molecule has 0 aromatic heterocycles. The van der Waals surface area contributed by atoms with Gasteiger partial charge in [0.15, 0.2) is 0 Å². The highest BCUT2D eigenvalue weighted by Crippen LogP contribution is 2.21. The number of nitrogens with zero attached hydrogens (tertiary/aromatic N) is 1. The smallest absolute Gasteiger partial charge is 0.225 e. The number of amides is 2. The fraction of sp³-hybridized carbons (Fsp3) is 0.857. The van der Waals surface area contributed by atoms with Gasteiger partial charge in [-0.05, 0) is 27.2 Å². The summed E-state index contributed by atoms with van der Waals surface area (Å²) >= 11 is 0. The summed E-state index contributed by atoms with van der Waals surface area (Å²) in [5.41, 5.74) is -0.217. The minimum atomic E-state index is -0.238. The second-order valence-electron chi connectivity index (χ2n) is 5.98. The summed E-state index contributed by atoms with van der Waals surface area (Å²) in [6.45, 7) is 8.96. The number of carbonyl (C=O) groups is 2. The van der Waals surface area contributed by atoms with Crippen molar-refractivity contribution in [1.29, 1.82) is 0 Å². The van der Waals surface area contributed by atoms with Crippen LogP contribution in [0.5, 0.6) is 0 Å². The second-order valence-corrected chi connectivity index (χ2v) is 5.98. The molecule has 5 heteroatoms. The standard InChI is InChI=1S/C14H26N2O3/c1-6-14(3,4)15-13(18)11-7-12(17)16(8-11)10(2)9-19-5/h10-11H,6-9H2,1-5H3,(H,15,18)/t10-,11+/m1/s1. The third-order valence-electron chi connectivity index (χ3n) is 3.81. The number of ether oxygens (including phenoxy) is 1. The fourth-order valence-electron chi connectivity index (χ4n) is 2.19. The number of carbonyl (C=O) groups excluding carboxylic acids is 2. The van der Waals surface area contributed by atoms with Gasteiger partial charge in [-0.15, -0.1) is 0 Å². The van der Waals surface area contributed by atoms with Crippen molar-refractivity contribution in [3.8, 4) is 0 Å². The maximum Gasteiger partial charge on any atom is 0.225 e. The van der Waals surface area contributed by atoms with Gasteiger partial charge < -0.3 is 15.0 Å². The van der Waals surface area contributed by atoms with E-state index in [2.05, 4.69) is 5.32 Å². The van der Waals surface area contributed by atoms with Crippen LogP contribution in [0, 0.1) is 5.92 Å². The molecule has 2 amide bonds. The fourth-order valence-corrected chi connectivity index (χ4v) is 2.19. The molecule has 0 spiro atoms. The Bertz CT molecular complexity index is 342. The highest BCUT2D eigenvalue weighted by atomic mass is 16.5. The SMILES string of the molecule is CCC(C)(C)NC(=O)[C@H]1CC(=O)N([C@H](C)COC)C1. The zero-order chi connectivity index (χ0) is 14.6. The quantitative estimate of drug-likeness (QED) is 0.788. The van der Waals surface area contributed by atoms with Crippen molar-refractivity contribution in [2.45, 2.75) is 52.1 Å². The molecule has 1 saturated heterocycles. The average Bonchev–Trinajstić information content (AvgIpc) is 2.71. The van der Waals surface area contributed by atoms with E-state index in [1.165, 1.54) is 0 Å². The third-order valence-corrected chi connectivity index (χ3v) is 3.81. The van der Waals surface area contributed by atoms with Gasteiger partial charge in [-0.25, -0.2) is 0 Å². The first-order valence-corrected chi connectivity index (χ1v) is 6.91. The lowest BCUT2D eigenvalue weighted by atomic mass is 9.99. The van der Waals surface area contributed by atoms with Gasteiger partial charge in [0.2, 0.25) is 11.8 Å². The summed E-state index contributed by atoms with van der Waals surface area (Å²) in [6.07, 6.45) is 1.17.